The Morgan fingerprint density at radius 3 is 2.37 bits per heavy atom. The fraction of sp³-hybridized carbons (Fsp3) is 0.238. The summed E-state index contributed by atoms with van der Waals surface area (Å²) in [7, 11) is -4.16. The van der Waals surface area contributed by atoms with Crippen molar-refractivity contribution in [2.45, 2.75) is 31.4 Å². The lowest BCUT2D eigenvalue weighted by atomic mass is 10.1. The number of hydrogen-bond acceptors (Lipinski definition) is 5. The number of carbonyl (C=O) groups is 1. The molecule has 1 aromatic heterocycles. The molecule has 2 aromatic carbocycles. The Kier molecular flexibility index (Phi) is 6.98. The van der Waals surface area contributed by atoms with Gasteiger partial charge < -0.3 is 4.74 Å². The highest BCUT2D eigenvalue weighted by Crippen LogP contribution is 2.29. The summed E-state index contributed by atoms with van der Waals surface area (Å²) < 4.78 is 33.5. The molecular weight excluding hydrogens is 447 g/mol. The van der Waals surface area contributed by atoms with Crippen LogP contribution in [0.15, 0.2) is 59.6 Å². The van der Waals surface area contributed by atoms with E-state index in [0.717, 1.165) is 16.5 Å². The third-order valence-corrected chi connectivity index (χ3v) is 6.87. The minimum Gasteiger partial charge on any atom is -0.460 e. The number of fused-ring (bicyclic) bond motifs is 1. The van der Waals surface area contributed by atoms with Crippen LogP contribution in [0.4, 0.5) is 0 Å². The van der Waals surface area contributed by atoms with E-state index < -0.39 is 22.0 Å². The summed E-state index contributed by atoms with van der Waals surface area (Å²) in [6.45, 7) is 3.38. The van der Waals surface area contributed by atoms with Crippen LogP contribution < -0.4 is 4.72 Å². The molecule has 0 fully saturated rings. The van der Waals surface area contributed by atoms with E-state index in [4.69, 9.17) is 27.9 Å². The fourth-order valence-electron chi connectivity index (χ4n) is 2.94. The maximum Gasteiger partial charge on any atom is 0.324 e. The molecule has 1 N–H and O–H groups in total. The summed E-state index contributed by atoms with van der Waals surface area (Å²) in [6.07, 6.45) is 1.66. The van der Waals surface area contributed by atoms with E-state index in [1.165, 1.54) is 18.2 Å². The predicted octanol–water partition coefficient (Wildman–Crippen LogP) is 4.59. The van der Waals surface area contributed by atoms with Crippen molar-refractivity contribution >= 4 is 50.1 Å². The van der Waals surface area contributed by atoms with Gasteiger partial charge in [-0.3, -0.25) is 9.78 Å². The molecule has 6 nitrogen and oxygen atoms in total. The van der Waals surface area contributed by atoms with Crippen LogP contribution >= 0.6 is 23.2 Å². The van der Waals surface area contributed by atoms with Gasteiger partial charge in [0.05, 0.1) is 15.6 Å². The Morgan fingerprint density at radius 1 is 1.07 bits per heavy atom. The monoisotopic (exact) mass is 466 g/mol. The summed E-state index contributed by atoms with van der Waals surface area (Å²) in [5.41, 5.74) is 1.44. The standard InChI is InChI=1S/C21H20Cl2N2O4S/c1-13(2)18(25-30(27,28)20-16(22)9-4-10-17(20)23)21(26)29-12-15-7-3-6-14-8-5-11-24-19(14)15/h3-11,13,18,25H,12H2,1-2H3/t18-/m0/s1. The van der Waals surface area contributed by atoms with Crippen molar-refractivity contribution < 1.29 is 17.9 Å². The number of nitrogens with one attached hydrogen (secondary N) is 1. The lowest BCUT2D eigenvalue weighted by Crippen LogP contribution is -2.45. The number of sulfonamides is 1. The third kappa shape index (κ3) is 4.92. The quantitative estimate of drug-likeness (QED) is 0.514. The lowest BCUT2D eigenvalue weighted by molar-refractivity contribution is -0.148. The summed E-state index contributed by atoms with van der Waals surface area (Å²) in [5.74, 6) is -1.08. The number of para-hydroxylation sites is 1. The van der Waals surface area contributed by atoms with Crippen molar-refractivity contribution in [2.24, 2.45) is 5.92 Å². The zero-order valence-corrected chi connectivity index (χ0v) is 18.6. The van der Waals surface area contributed by atoms with E-state index in [1.807, 2.05) is 24.3 Å². The maximum absolute atomic E-state index is 12.8. The maximum atomic E-state index is 12.8. The Hall–Kier alpha value is -2.19. The van der Waals surface area contributed by atoms with Gasteiger partial charge in [0.1, 0.15) is 17.5 Å². The number of esters is 1. The molecule has 0 aliphatic carbocycles. The molecule has 1 atom stereocenters. The molecule has 0 unspecified atom stereocenters. The zero-order valence-electron chi connectivity index (χ0n) is 16.3. The number of benzene rings is 2. The Balaban J connectivity index is 1.80. The van der Waals surface area contributed by atoms with Crippen LogP contribution in [0.2, 0.25) is 10.0 Å². The van der Waals surface area contributed by atoms with Gasteiger partial charge in [0.25, 0.3) is 0 Å². The van der Waals surface area contributed by atoms with Crippen LogP contribution in [0, 0.1) is 5.92 Å². The van der Waals surface area contributed by atoms with E-state index in [2.05, 4.69) is 9.71 Å². The van der Waals surface area contributed by atoms with Crippen molar-refractivity contribution in [2.75, 3.05) is 0 Å². The van der Waals surface area contributed by atoms with E-state index >= 15 is 0 Å². The molecule has 1 heterocycles. The van der Waals surface area contributed by atoms with Crippen molar-refractivity contribution in [3.05, 3.63) is 70.3 Å². The topological polar surface area (TPSA) is 85.4 Å². The predicted molar refractivity (Wildman–Crippen MR) is 117 cm³/mol. The molecule has 0 aliphatic heterocycles. The first-order valence-corrected chi connectivity index (χ1v) is 11.4. The van der Waals surface area contributed by atoms with Gasteiger partial charge in [-0.05, 0) is 24.1 Å². The molecule has 9 heteroatoms. The summed E-state index contributed by atoms with van der Waals surface area (Å²) in [6, 6.07) is 12.5. The Bertz CT molecular complexity index is 1160. The molecule has 3 rings (SSSR count). The van der Waals surface area contributed by atoms with Crippen LogP contribution in [0.3, 0.4) is 0 Å². The molecule has 0 bridgehead atoms. The summed E-state index contributed by atoms with van der Waals surface area (Å²) in [5, 5.41) is 0.848. The minimum atomic E-state index is -4.16. The summed E-state index contributed by atoms with van der Waals surface area (Å²) >= 11 is 12.1. The number of hydrogen-bond donors (Lipinski definition) is 1. The minimum absolute atomic E-state index is 0.0345. The molecule has 3 aromatic rings. The van der Waals surface area contributed by atoms with Gasteiger partial charge in [-0.2, -0.15) is 4.72 Å². The number of ether oxygens (including phenoxy) is 1. The number of pyridine rings is 1. The van der Waals surface area contributed by atoms with Gasteiger partial charge in [-0.25, -0.2) is 8.42 Å². The normalized spacial score (nSPS) is 12.8. The fourth-order valence-corrected chi connectivity index (χ4v) is 5.42. The lowest BCUT2D eigenvalue weighted by Gasteiger charge is -2.21. The Labute approximate surface area is 185 Å². The SMILES string of the molecule is CC(C)[C@H](NS(=O)(=O)c1c(Cl)cccc1Cl)C(=O)OCc1cccc2cccnc12. The van der Waals surface area contributed by atoms with E-state index in [-0.39, 0.29) is 27.5 Å². The van der Waals surface area contributed by atoms with Crippen LogP contribution in [-0.2, 0) is 26.2 Å². The van der Waals surface area contributed by atoms with Gasteiger partial charge in [0.15, 0.2) is 0 Å². The highest BCUT2D eigenvalue weighted by Gasteiger charge is 2.32. The van der Waals surface area contributed by atoms with Gasteiger partial charge >= 0.3 is 5.97 Å². The molecular formula is C21H20Cl2N2O4S. The first-order valence-electron chi connectivity index (χ1n) is 9.16. The molecule has 158 valence electrons. The summed E-state index contributed by atoms with van der Waals surface area (Å²) in [4.78, 5) is 16.8. The van der Waals surface area contributed by atoms with Crippen molar-refractivity contribution in [3.8, 4) is 0 Å². The molecule has 0 saturated carbocycles. The zero-order chi connectivity index (χ0) is 21.9. The number of nitrogens with zero attached hydrogens (tertiary/aromatic N) is 1. The van der Waals surface area contributed by atoms with E-state index in [9.17, 15) is 13.2 Å². The smallest absolute Gasteiger partial charge is 0.324 e. The second-order valence-electron chi connectivity index (χ2n) is 6.99. The van der Waals surface area contributed by atoms with Crippen molar-refractivity contribution in [1.82, 2.24) is 9.71 Å². The average Bonchev–Trinajstić information content (AvgIpc) is 2.69. The Morgan fingerprint density at radius 2 is 1.70 bits per heavy atom. The van der Waals surface area contributed by atoms with Crippen LogP contribution in [-0.4, -0.2) is 25.4 Å². The average molecular weight is 467 g/mol. The molecule has 0 radical (unpaired) electrons. The first-order chi connectivity index (χ1) is 14.2. The second kappa shape index (κ2) is 9.31. The highest BCUT2D eigenvalue weighted by molar-refractivity contribution is 7.89. The van der Waals surface area contributed by atoms with Gasteiger partial charge in [-0.15, -0.1) is 0 Å². The number of aromatic nitrogens is 1. The van der Waals surface area contributed by atoms with E-state index in [1.54, 1.807) is 26.1 Å². The number of carbonyl (C=O) groups excluding carboxylic acids is 1. The van der Waals surface area contributed by atoms with Gasteiger partial charge in [0, 0.05) is 17.1 Å². The molecule has 0 spiro atoms. The first kappa shape index (κ1) is 22.5. The molecule has 0 amide bonds. The van der Waals surface area contributed by atoms with Crippen LogP contribution in [0.1, 0.15) is 19.4 Å². The highest BCUT2D eigenvalue weighted by atomic mass is 35.5. The molecule has 30 heavy (non-hydrogen) atoms. The number of rotatable bonds is 7. The van der Waals surface area contributed by atoms with Gasteiger partial charge in [0.2, 0.25) is 10.0 Å². The largest absolute Gasteiger partial charge is 0.460 e. The van der Waals surface area contributed by atoms with Crippen molar-refractivity contribution in [3.63, 3.8) is 0 Å². The third-order valence-electron chi connectivity index (χ3n) is 4.48. The van der Waals surface area contributed by atoms with Gasteiger partial charge in [-0.1, -0.05) is 67.4 Å². The van der Waals surface area contributed by atoms with Crippen molar-refractivity contribution in [1.29, 1.82) is 0 Å². The molecule has 0 aliphatic rings. The van der Waals surface area contributed by atoms with Crippen LogP contribution in [0.5, 0.6) is 0 Å². The second-order valence-corrected chi connectivity index (χ2v) is 9.46. The molecule has 0 saturated heterocycles. The number of halogens is 2. The van der Waals surface area contributed by atoms with Crippen LogP contribution in [0.25, 0.3) is 10.9 Å². The van der Waals surface area contributed by atoms with E-state index in [0.29, 0.717) is 0 Å².